The molecular weight excluding hydrogens is 322 g/mol. The minimum Gasteiger partial charge on any atom is -0.326 e. The first-order chi connectivity index (χ1) is 12.1. The molecule has 1 aromatic heterocycles. The Morgan fingerprint density at radius 1 is 1.04 bits per heavy atom. The second-order valence-electron chi connectivity index (χ2n) is 6.54. The molecule has 25 heavy (non-hydrogen) atoms. The molecular formula is C19H20F2N4. The summed E-state index contributed by atoms with van der Waals surface area (Å²) < 4.78 is 28.2. The molecule has 6 heteroatoms. The van der Waals surface area contributed by atoms with Crippen molar-refractivity contribution in [2.75, 3.05) is 13.1 Å². The van der Waals surface area contributed by atoms with Crippen LogP contribution >= 0.6 is 0 Å². The number of aromatic nitrogens is 2. The van der Waals surface area contributed by atoms with Crippen LogP contribution in [0.2, 0.25) is 0 Å². The van der Waals surface area contributed by atoms with Gasteiger partial charge in [-0.25, -0.2) is 4.98 Å². The van der Waals surface area contributed by atoms with Crippen LogP contribution in [-0.4, -0.2) is 33.6 Å². The van der Waals surface area contributed by atoms with E-state index in [1.54, 1.807) is 18.2 Å². The molecule has 1 aliphatic heterocycles. The number of likely N-dealkylation sites (tertiary alicyclic amines) is 1. The quantitative estimate of drug-likeness (QED) is 0.791. The Kier molecular flexibility index (Phi) is 4.23. The number of para-hydroxylation sites is 2. The van der Waals surface area contributed by atoms with E-state index in [-0.39, 0.29) is 12.0 Å². The van der Waals surface area contributed by atoms with Crippen LogP contribution in [0.25, 0.3) is 11.0 Å². The van der Waals surface area contributed by atoms with E-state index >= 15 is 0 Å². The Morgan fingerprint density at radius 3 is 2.52 bits per heavy atom. The first kappa shape index (κ1) is 16.2. The number of benzene rings is 2. The molecule has 2 heterocycles. The number of hydrogen-bond acceptors (Lipinski definition) is 3. The van der Waals surface area contributed by atoms with Gasteiger partial charge in [0, 0.05) is 25.0 Å². The number of nitrogens with zero attached hydrogens (tertiary/aromatic N) is 3. The summed E-state index contributed by atoms with van der Waals surface area (Å²) in [5.41, 5.74) is 8.57. The van der Waals surface area contributed by atoms with E-state index in [1.165, 1.54) is 5.56 Å². The molecule has 0 unspecified atom stereocenters. The van der Waals surface area contributed by atoms with Crippen molar-refractivity contribution in [3.05, 3.63) is 66.0 Å². The summed E-state index contributed by atoms with van der Waals surface area (Å²) in [6.45, 7) is -0.816. The van der Waals surface area contributed by atoms with Gasteiger partial charge in [-0.05, 0) is 17.7 Å². The van der Waals surface area contributed by atoms with E-state index in [9.17, 15) is 8.78 Å². The minimum atomic E-state index is -2.61. The highest BCUT2D eigenvalue weighted by Crippen LogP contribution is 2.29. The third kappa shape index (κ3) is 3.03. The lowest BCUT2D eigenvalue weighted by atomic mass is 9.95. The number of nitrogens with two attached hydrogens (primary N) is 1. The zero-order valence-electron chi connectivity index (χ0n) is 13.7. The number of halogens is 2. The van der Waals surface area contributed by atoms with E-state index in [0.29, 0.717) is 29.9 Å². The molecule has 1 saturated heterocycles. The Balaban J connectivity index is 1.59. The van der Waals surface area contributed by atoms with Crippen LogP contribution in [0.4, 0.5) is 8.78 Å². The van der Waals surface area contributed by atoms with Gasteiger partial charge in [0.25, 0.3) is 0 Å². The van der Waals surface area contributed by atoms with Gasteiger partial charge < -0.3 is 5.73 Å². The van der Waals surface area contributed by atoms with Crippen LogP contribution in [0, 0.1) is 0 Å². The van der Waals surface area contributed by atoms with Crippen molar-refractivity contribution in [2.24, 2.45) is 5.73 Å². The summed E-state index contributed by atoms with van der Waals surface area (Å²) >= 11 is 0. The Labute approximate surface area is 144 Å². The molecule has 0 radical (unpaired) electrons. The summed E-state index contributed by atoms with van der Waals surface area (Å²) in [5, 5.41) is 0. The molecule has 3 aromatic rings. The first-order valence-corrected chi connectivity index (χ1v) is 8.40. The molecule has 0 saturated carbocycles. The molecule has 4 nitrogen and oxygen atoms in total. The highest BCUT2D eigenvalue weighted by molar-refractivity contribution is 5.75. The van der Waals surface area contributed by atoms with Crippen molar-refractivity contribution in [2.45, 2.75) is 25.1 Å². The van der Waals surface area contributed by atoms with Gasteiger partial charge in [-0.3, -0.25) is 9.47 Å². The summed E-state index contributed by atoms with van der Waals surface area (Å²) in [6.07, 6.45) is 0. The van der Waals surface area contributed by atoms with Crippen LogP contribution in [0.1, 0.15) is 23.9 Å². The Bertz CT molecular complexity index is 862. The van der Waals surface area contributed by atoms with Crippen molar-refractivity contribution in [1.82, 2.24) is 14.5 Å². The third-order valence-electron chi connectivity index (χ3n) is 4.90. The standard InChI is InChI=1S/C19H20F2N4/c20-19(21)25-17-9-5-4-8-16(17)23-18(25)12-24-10-14(15(22)11-24)13-6-2-1-3-7-13/h1-9,14-15,19H,10-12,22H2/t14-,15+/m0/s1. The molecule has 2 aromatic carbocycles. The summed E-state index contributed by atoms with van der Waals surface area (Å²) in [6, 6.07) is 17.1. The Hall–Kier alpha value is -2.31. The number of alkyl halides is 2. The fraction of sp³-hybridized carbons (Fsp3) is 0.316. The van der Waals surface area contributed by atoms with Gasteiger partial charge in [0.15, 0.2) is 0 Å². The number of fused-ring (bicyclic) bond motifs is 1. The van der Waals surface area contributed by atoms with Crippen molar-refractivity contribution in [3.8, 4) is 0 Å². The van der Waals surface area contributed by atoms with Gasteiger partial charge in [-0.2, -0.15) is 8.78 Å². The van der Waals surface area contributed by atoms with E-state index in [0.717, 1.165) is 11.1 Å². The molecule has 0 aliphatic carbocycles. The molecule has 2 atom stereocenters. The molecule has 0 bridgehead atoms. The lowest BCUT2D eigenvalue weighted by molar-refractivity contribution is 0.0689. The minimum absolute atomic E-state index is 0.00761. The maximum Gasteiger partial charge on any atom is 0.320 e. The van der Waals surface area contributed by atoms with Crippen molar-refractivity contribution < 1.29 is 8.78 Å². The smallest absolute Gasteiger partial charge is 0.320 e. The van der Waals surface area contributed by atoms with Gasteiger partial charge in [0.05, 0.1) is 17.6 Å². The first-order valence-electron chi connectivity index (χ1n) is 8.40. The fourth-order valence-corrected chi connectivity index (χ4v) is 3.72. The topological polar surface area (TPSA) is 47.1 Å². The number of rotatable bonds is 4. The van der Waals surface area contributed by atoms with Gasteiger partial charge in [-0.15, -0.1) is 0 Å². The van der Waals surface area contributed by atoms with Gasteiger partial charge in [-0.1, -0.05) is 42.5 Å². The van der Waals surface area contributed by atoms with Crippen molar-refractivity contribution >= 4 is 11.0 Å². The molecule has 1 fully saturated rings. The average molecular weight is 342 g/mol. The normalized spacial score (nSPS) is 21.4. The average Bonchev–Trinajstić information content (AvgIpc) is 3.15. The van der Waals surface area contributed by atoms with Crippen LogP contribution in [0.5, 0.6) is 0 Å². The van der Waals surface area contributed by atoms with E-state index in [1.807, 2.05) is 24.3 Å². The van der Waals surface area contributed by atoms with Crippen molar-refractivity contribution in [1.29, 1.82) is 0 Å². The van der Waals surface area contributed by atoms with E-state index in [2.05, 4.69) is 22.0 Å². The van der Waals surface area contributed by atoms with Gasteiger partial charge in [0.2, 0.25) is 0 Å². The Morgan fingerprint density at radius 2 is 1.76 bits per heavy atom. The summed E-state index contributed by atoms with van der Waals surface area (Å²) in [7, 11) is 0. The SMILES string of the molecule is N[C@@H]1CN(Cc2nc3ccccc3n2C(F)F)C[C@H]1c1ccccc1. The van der Waals surface area contributed by atoms with Crippen LogP contribution in [-0.2, 0) is 6.54 Å². The van der Waals surface area contributed by atoms with Crippen molar-refractivity contribution in [3.63, 3.8) is 0 Å². The maximum atomic E-state index is 13.6. The maximum absolute atomic E-state index is 13.6. The predicted molar refractivity (Wildman–Crippen MR) is 93.4 cm³/mol. The number of hydrogen-bond donors (Lipinski definition) is 1. The molecule has 2 N–H and O–H groups in total. The van der Waals surface area contributed by atoms with Gasteiger partial charge in [0.1, 0.15) is 5.82 Å². The molecule has 1 aliphatic rings. The largest absolute Gasteiger partial charge is 0.326 e. The molecule has 130 valence electrons. The molecule has 0 amide bonds. The highest BCUT2D eigenvalue weighted by Gasteiger charge is 2.32. The zero-order chi connectivity index (χ0) is 17.4. The number of imidazole rings is 1. The molecule has 0 spiro atoms. The van der Waals surface area contributed by atoms with E-state index < -0.39 is 6.55 Å². The van der Waals surface area contributed by atoms with Crippen LogP contribution in [0.3, 0.4) is 0 Å². The summed E-state index contributed by atoms with van der Waals surface area (Å²) in [4.78, 5) is 6.53. The van der Waals surface area contributed by atoms with Crippen LogP contribution in [0.15, 0.2) is 54.6 Å². The third-order valence-corrected chi connectivity index (χ3v) is 4.90. The second kappa shape index (κ2) is 6.54. The zero-order valence-corrected chi connectivity index (χ0v) is 13.7. The highest BCUT2D eigenvalue weighted by atomic mass is 19.3. The van der Waals surface area contributed by atoms with Crippen LogP contribution < -0.4 is 5.73 Å². The van der Waals surface area contributed by atoms with E-state index in [4.69, 9.17) is 5.73 Å². The van der Waals surface area contributed by atoms with Gasteiger partial charge >= 0.3 is 6.55 Å². The summed E-state index contributed by atoms with van der Waals surface area (Å²) in [5.74, 6) is 0.600. The molecule has 4 rings (SSSR count). The fourth-order valence-electron chi connectivity index (χ4n) is 3.72. The predicted octanol–water partition coefficient (Wildman–Crippen LogP) is 3.36. The monoisotopic (exact) mass is 342 g/mol. The lowest BCUT2D eigenvalue weighted by Crippen LogP contribution is -2.29. The lowest BCUT2D eigenvalue weighted by Gasteiger charge is -2.16. The second-order valence-corrected chi connectivity index (χ2v) is 6.54.